The molecule has 4 nitrogen and oxygen atoms in total. The molecule has 2 N–H and O–H groups in total. The molecule has 0 aromatic heterocycles. The van der Waals surface area contributed by atoms with Crippen LogP contribution in [0.3, 0.4) is 0 Å². The van der Waals surface area contributed by atoms with Crippen LogP contribution in [0.5, 0.6) is 0 Å². The van der Waals surface area contributed by atoms with Crippen molar-refractivity contribution >= 4 is 0 Å². The van der Waals surface area contributed by atoms with Crippen LogP contribution in [0.2, 0.25) is 0 Å². The molecule has 4 heteroatoms. The van der Waals surface area contributed by atoms with E-state index in [1.165, 1.54) is 12.8 Å². The number of rotatable bonds is 7. The molecule has 0 radical (unpaired) electrons. The monoisotopic (exact) mass is 229 g/mol. The van der Waals surface area contributed by atoms with Crippen LogP contribution in [0.25, 0.3) is 0 Å². The maximum absolute atomic E-state index is 10.0. The van der Waals surface area contributed by atoms with Gasteiger partial charge in [-0.3, -0.25) is 0 Å². The molecule has 0 aromatic carbocycles. The Bertz CT molecular complexity index is 210. The molecule has 1 saturated carbocycles. The van der Waals surface area contributed by atoms with Crippen molar-refractivity contribution in [1.82, 2.24) is 5.32 Å². The Hall–Kier alpha value is -0.160. The van der Waals surface area contributed by atoms with Gasteiger partial charge in [-0.05, 0) is 32.6 Å². The minimum atomic E-state index is -0.763. The normalized spacial score (nSPS) is 29.2. The van der Waals surface area contributed by atoms with Crippen molar-refractivity contribution in [2.45, 2.75) is 50.4 Å². The van der Waals surface area contributed by atoms with Crippen molar-refractivity contribution in [3.8, 4) is 0 Å². The van der Waals surface area contributed by atoms with Crippen LogP contribution in [0.1, 0.15) is 32.6 Å². The van der Waals surface area contributed by atoms with Gasteiger partial charge in [0.1, 0.15) is 0 Å². The van der Waals surface area contributed by atoms with Crippen LogP contribution in [0.4, 0.5) is 0 Å². The summed E-state index contributed by atoms with van der Waals surface area (Å²) in [6, 6.07) is 0.629. The highest BCUT2D eigenvalue weighted by Crippen LogP contribution is 2.19. The van der Waals surface area contributed by atoms with Crippen molar-refractivity contribution in [1.29, 1.82) is 0 Å². The molecule has 16 heavy (non-hydrogen) atoms. The van der Waals surface area contributed by atoms with E-state index in [4.69, 9.17) is 9.47 Å². The van der Waals surface area contributed by atoms with Crippen LogP contribution < -0.4 is 5.32 Å². The van der Waals surface area contributed by atoms with Gasteiger partial charge in [0.2, 0.25) is 0 Å². The fourth-order valence-corrected chi connectivity index (χ4v) is 1.89. The first-order chi connectivity index (χ1) is 7.66. The average molecular weight is 229 g/mol. The quantitative estimate of drug-likeness (QED) is 0.674. The fourth-order valence-electron chi connectivity index (χ4n) is 1.89. The Labute approximate surface area is 97.3 Å². The van der Waals surface area contributed by atoms with Gasteiger partial charge in [-0.1, -0.05) is 0 Å². The summed E-state index contributed by atoms with van der Waals surface area (Å²) in [4.78, 5) is 0. The summed E-state index contributed by atoms with van der Waals surface area (Å²) in [6.45, 7) is 4.28. The smallest absolute Gasteiger partial charge is 0.0975 e. The number of hydrogen-bond acceptors (Lipinski definition) is 4. The molecule has 2 aliphatic rings. The maximum Gasteiger partial charge on any atom is 0.0975 e. The Morgan fingerprint density at radius 1 is 1.44 bits per heavy atom. The lowest BCUT2D eigenvalue weighted by atomic mass is 10.1. The predicted molar refractivity (Wildman–Crippen MR) is 61.4 cm³/mol. The van der Waals surface area contributed by atoms with Crippen LogP contribution in [-0.4, -0.2) is 49.2 Å². The third kappa shape index (κ3) is 4.37. The van der Waals surface area contributed by atoms with Gasteiger partial charge in [0, 0.05) is 19.2 Å². The summed E-state index contributed by atoms with van der Waals surface area (Å²) in [5.74, 6) is 0. The lowest BCUT2D eigenvalue weighted by Crippen LogP contribution is -2.43. The highest BCUT2D eigenvalue weighted by molar-refractivity contribution is 4.85. The minimum Gasteiger partial charge on any atom is -0.386 e. The second kappa shape index (κ2) is 5.45. The molecule has 2 rings (SSSR count). The molecule has 1 saturated heterocycles. The van der Waals surface area contributed by atoms with Crippen molar-refractivity contribution < 1.29 is 14.6 Å². The minimum absolute atomic E-state index is 0.243. The van der Waals surface area contributed by atoms with Gasteiger partial charge in [0.25, 0.3) is 0 Å². The SMILES string of the molecule is CC(O)(CNC1CC1)COCC1CCCO1. The Kier molecular flexibility index (Phi) is 4.19. The first-order valence-corrected chi connectivity index (χ1v) is 6.31. The highest BCUT2D eigenvalue weighted by atomic mass is 16.5. The van der Waals surface area contributed by atoms with Crippen LogP contribution in [0, 0.1) is 0 Å². The maximum atomic E-state index is 10.0. The van der Waals surface area contributed by atoms with Gasteiger partial charge < -0.3 is 19.9 Å². The third-order valence-corrected chi connectivity index (χ3v) is 3.09. The number of aliphatic hydroxyl groups is 1. The lowest BCUT2D eigenvalue weighted by molar-refractivity contribution is -0.0584. The molecular weight excluding hydrogens is 206 g/mol. The van der Waals surface area contributed by atoms with E-state index in [0.717, 1.165) is 19.4 Å². The zero-order valence-corrected chi connectivity index (χ0v) is 10.1. The van der Waals surface area contributed by atoms with Crippen LogP contribution in [-0.2, 0) is 9.47 Å². The summed E-state index contributed by atoms with van der Waals surface area (Å²) in [5, 5.41) is 13.4. The van der Waals surface area contributed by atoms with Crippen molar-refractivity contribution in [2.24, 2.45) is 0 Å². The van der Waals surface area contributed by atoms with Crippen LogP contribution in [0.15, 0.2) is 0 Å². The predicted octanol–water partition coefficient (Wildman–Crippen LogP) is 0.685. The molecule has 0 amide bonds. The average Bonchev–Trinajstić information content (AvgIpc) is 2.93. The summed E-state index contributed by atoms with van der Waals surface area (Å²) in [6.07, 6.45) is 4.95. The number of hydrogen-bond donors (Lipinski definition) is 2. The second-order valence-electron chi connectivity index (χ2n) is 5.30. The van der Waals surface area contributed by atoms with E-state index in [-0.39, 0.29) is 6.10 Å². The van der Waals surface area contributed by atoms with E-state index in [9.17, 15) is 5.11 Å². The molecule has 1 heterocycles. The van der Waals surface area contributed by atoms with E-state index < -0.39 is 5.60 Å². The molecule has 94 valence electrons. The van der Waals surface area contributed by atoms with Gasteiger partial charge in [0.05, 0.1) is 24.9 Å². The molecular formula is C12H23NO3. The standard InChI is InChI=1S/C12H23NO3/c1-12(14,8-13-10-4-5-10)9-15-7-11-3-2-6-16-11/h10-11,13-14H,2-9H2,1H3. The third-order valence-electron chi connectivity index (χ3n) is 3.09. The van der Waals surface area contributed by atoms with Gasteiger partial charge in [-0.2, -0.15) is 0 Å². The Morgan fingerprint density at radius 2 is 2.25 bits per heavy atom. The molecule has 0 spiro atoms. The lowest BCUT2D eigenvalue weighted by Gasteiger charge is -2.24. The summed E-state index contributed by atoms with van der Waals surface area (Å²) >= 11 is 0. The molecule has 0 aromatic rings. The topological polar surface area (TPSA) is 50.7 Å². The van der Waals surface area contributed by atoms with E-state index in [2.05, 4.69) is 5.32 Å². The zero-order chi connectivity index (χ0) is 11.4. The van der Waals surface area contributed by atoms with Gasteiger partial charge in [-0.15, -0.1) is 0 Å². The summed E-state index contributed by atoms with van der Waals surface area (Å²) in [7, 11) is 0. The van der Waals surface area contributed by atoms with Crippen molar-refractivity contribution in [3.05, 3.63) is 0 Å². The fraction of sp³-hybridized carbons (Fsp3) is 1.00. The zero-order valence-electron chi connectivity index (χ0n) is 10.1. The van der Waals surface area contributed by atoms with Crippen molar-refractivity contribution in [2.75, 3.05) is 26.4 Å². The summed E-state index contributed by atoms with van der Waals surface area (Å²) < 4.78 is 11.0. The van der Waals surface area contributed by atoms with Gasteiger partial charge >= 0.3 is 0 Å². The van der Waals surface area contributed by atoms with E-state index in [1.54, 1.807) is 0 Å². The Balaban J connectivity index is 1.55. The van der Waals surface area contributed by atoms with Gasteiger partial charge in [0.15, 0.2) is 0 Å². The molecule has 2 unspecified atom stereocenters. The van der Waals surface area contributed by atoms with Gasteiger partial charge in [-0.25, -0.2) is 0 Å². The summed E-state index contributed by atoms with van der Waals surface area (Å²) in [5.41, 5.74) is -0.763. The second-order valence-corrected chi connectivity index (χ2v) is 5.30. The first-order valence-electron chi connectivity index (χ1n) is 6.31. The highest BCUT2D eigenvalue weighted by Gasteiger charge is 2.27. The first kappa shape index (κ1) is 12.3. The molecule has 1 aliphatic heterocycles. The number of nitrogens with one attached hydrogen (secondary N) is 1. The number of ether oxygens (including phenoxy) is 2. The molecule has 1 aliphatic carbocycles. The largest absolute Gasteiger partial charge is 0.386 e. The van der Waals surface area contributed by atoms with E-state index in [0.29, 0.717) is 25.8 Å². The molecule has 0 bridgehead atoms. The van der Waals surface area contributed by atoms with E-state index in [1.807, 2.05) is 6.92 Å². The van der Waals surface area contributed by atoms with Crippen molar-refractivity contribution in [3.63, 3.8) is 0 Å². The van der Waals surface area contributed by atoms with E-state index >= 15 is 0 Å². The Morgan fingerprint density at radius 3 is 2.88 bits per heavy atom. The molecule has 2 fully saturated rings. The van der Waals surface area contributed by atoms with Crippen LogP contribution >= 0.6 is 0 Å². The molecule has 2 atom stereocenters.